The maximum absolute atomic E-state index is 6.26. The smallest absolute Gasteiger partial charge is 0.146 e. The molecule has 1 aromatic heterocycles. The summed E-state index contributed by atoms with van der Waals surface area (Å²) in [5, 5.41) is 4.08. The van der Waals surface area contributed by atoms with Crippen molar-refractivity contribution >= 4 is 11.6 Å². The van der Waals surface area contributed by atoms with Crippen LogP contribution in [0.15, 0.2) is 30.6 Å². The van der Waals surface area contributed by atoms with E-state index < -0.39 is 0 Å². The number of aryl methyl sites for hydroxylation is 1. The van der Waals surface area contributed by atoms with Gasteiger partial charge in [-0.05, 0) is 12.1 Å². The SMILES string of the molecule is CC(C)NCc1c(Cl)cccc1OCc1nccn1C. The normalized spacial score (nSPS) is 11.1. The summed E-state index contributed by atoms with van der Waals surface area (Å²) < 4.78 is 7.81. The van der Waals surface area contributed by atoms with Gasteiger partial charge in [0.2, 0.25) is 0 Å². The molecule has 0 saturated heterocycles. The largest absolute Gasteiger partial charge is 0.485 e. The van der Waals surface area contributed by atoms with Gasteiger partial charge in [-0.15, -0.1) is 0 Å². The molecule has 5 heteroatoms. The molecule has 108 valence electrons. The van der Waals surface area contributed by atoms with Crippen LogP contribution in [-0.4, -0.2) is 15.6 Å². The van der Waals surface area contributed by atoms with Crippen molar-refractivity contribution in [2.24, 2.45) is 7.05 Å². The average Bonchev–Trinajstić information content (AvgIpc) is 2.80. The molecule has 0 unspecified atom stereocenters. The highest BCUT2D eigenvalue weighted by molar-refractivity contribution is 6.31. The molecule has 4 nitrogen and oxygen atoms in total. The van der Waals surface area contributed by atoms with Crippen LogP contribution < -0.4 is 10.1 Å². The van der Waals surface area contributed by atoms with Crippen molar-refractivity contribution in [2.75, 3.05) is 0 Å². The Balaban J connectivity index is 2.10. The van der Waals surface area contributed by atoms with Crippen LogP contribution in [0.2, 0.25) is 5.02 Å². The molecule has 0 amide bonds. The number of rotatable bonds is 6. The predicted octanol–water partition coefficient (Wildman–Crippen LogP) is 3.15. The Morgan fingerprint density at radius 3 is 2.85 bits per heavy atom. The van der Waals surface area contributed by atoms with E-state index in [1.54, 1.807) is 6.20 Å². The zero-order valence-electron chi connectivity index (χ0n) is 12.1. The molecule has 1 N–H and O–H groups in total. The van der Waals surface area contributed by atoms with Crippen LogP contribution in [0.1, 0.15) is 25.2 Å². The Bertz CT molecular complexity index is 566. The van der Waals surface area contributed by atoms with Crippen molar-refractivity contribution in [3.8, 4) is 5.75 Å². The minimum atomic E-state index is 0.397. The zero-order chi connectivity index (χ0) is 14.5. The lowest BCUT2D eigenvalue weighted by Gasteiger charge is -2.15. The summed E-state index contributed by atoms with van der Waals surface area (Å²) >= 11 is 6.26. The van der Waals surface area contributed by atoms with E-state index in [9.17, 15) is 0 Å². The first-order chi connectivity index (χ1) is 9.58. The molecule has 2 aromatic rings. The zero-order valence-corrected chi connectivity index (χ0v) is 12.8. The van der Waals surface area contributed by atoms with Gasteiger partial charge in [-0.25, -0.2) is 4.98 Å². The number of imidazole rings is 1. The average molecular weight is 294 g/mol. The Labute approximate surface area is 124 Å². The standard InChI is InChI=1S/C15H20ClN3O/c1-11(2)18-9-12-13(16)5-4-6-14(12)20-10-15-17-7-8-19(15)3/h4-8,11,18H,9-10H2,1-3H3. The summed E-state index contributed by atoms with van der Waals surface area (Å²) in [6.07, 6.45) is 3.66. The van der Waals surface area contributed by atoms with Crippen LogP contribution in [0.25, 0.3) is 0 Å². The van der Waals surface area contributed by atoms with Gasteiger partial charge in [-0.2, -0.15) is 0 Å². The number of hydrogen-bond donors (Lipinski definition) is 1. The molecule has 0 radical (unpaired) electrons. The van der Waals surface area contributed by atoms with E-state index in [1.165, 1.54) is 0 Å². The van der Waals surface area contributed by atoms with Crippen molar-refractivity contribution < 1.29 is 4.74 Å². The van der Waals surface area contributed by atoms with E-state index in [0.29, 0.717) is 19.2 Å². The summed E-state index contributed by atoms with van der Waals surface area (Å²) in [4.78, 5) is 4.25. The molecule has 20 heavy (non-hydrogen) atoms. The molecule has 0 saturated carbocycles. The van der Waals surface area contributed by atoms with Crippen LogP contribution in [-0.2, 0) is 20.2 Å². The van der Waals surface area contributed by atoms with Gasteiger partial charge in [0.1, 0.15) is 18.2 Å². The maximum atomic E-state index is 6.26. The first kappa shape index (κ1) is 14.9. The number of halogens is 1. The molecule has 0 aliphatic rings. The monoisotopic (exact) mass is 293 g/mol. The van der Waals surface area contributed by atoms with Gasteiger partial charge in [-0.3, -0.25) is 0 Å². The molecular weight excluding hydrogens is 274 g/mol. The number of ether oxygens (including phenoxy) is 1. The van der Waals surface area contributed by atoms with Crippen molar-refractivity contribution in [2.45, 2.75) is 33.0 Å². The molecule has 1 aromatic carbocycles. The lowest BCUT2D eigenvalue weighted by Crippen LogP contribution is -2.22. The van der Waals surface area contributed by atoms with Gasteiger partial charge in [0.15, 0.2) is 0 Å². The van der Waals surface area contributed by atoms with E-state index in [4.69, 9.17) is 16.3 Å². The van der Waals surface area contributed by atoms with Gasteiger partial charge < -0.3 is 14.6 Å². The Morgan fingerprint density at radius 1 is 1.40 bits per heavy atom. The van der Waals surface area contributed by atoms with Crippen molar-refractivity contribution in [3.05, 3.63) is 47.0 Å². The fourth-order valence-corrected chi connectivity index (χ4v) is 2.06. The molecule has 0 atom stereocenters. The third-order valence-corrected chi connectivity index (χ3v) is 3.39. The number of hydrogen-bond acceptors (Lipinski definition) is 3. The molecule has 0 bridgehead atoms. The van der Waals surface area contributed by atoms with E-state index in [0.717, 1.165) is 22.2 Å². The number of nitrogens with zero attached hydrogens (tertiary/aromatic N) is 2. The molecular formula is C15H20ClN3O. The van der Waals surface area contributed by atoms with Crippen LogP contribution in [0.4, 0.5) is 0 Å². The summed E-state index contributed by atoms with van der Waals surface area (Å²) in [5.41, 5.74) is 0.983. The Morgan fingerprint density at radius 2 is 2.20 bits per heavy atom. The second kappa shape index (κ2) is 6.77. The van der Waals surface area contributed by atoms with E-state index >= 15 is 0 Å². The van der Waals surface area contributed by atoms with Crippen molar-refractivity contribution in [1.29, 1.82) is 0 Å². The summed E-state index contributed by atoms with van der Waals surface area (Å²) in [6.45, 7) is 5.32. The minimum absolute atomic E-state index is 0.397. The summed E-state index contributed by atoms with van der Waals surface area (Å²) in [7, 11) is 1.95. The Kier molecular flexibility index (Phi) is 5.04. The highest BCUT2D eigenvalue weighted by atomic mass is 35.5. The lowest BCUT2D eigenvalue weighted by atomic mass is 10.2. The predicted molar refractivity (Wildman–Crippen MR) is 81.0 cm³/mol. The summed E-state index contributed by atoms with van der Waals surface area (Å²) in [5.74, 6) is 1.68. The highest BCUT2D eigenvalue weighted by Gasteiger charge is 2.10. The molecule has 2 rings (SSSR count). The summed E-state index contributed by atoms with van der Waals surface area (Å²) in [6, 6.07) is 6.11. The van der Waals surface area contributed by atoms with Crippen molar-refractivity contribution in [1.82, 2.24) is 14.9 Å². The van der Waals surface area contributed by atoms with Gasteiger partial charge >= 0.3 is 0 Å². The van der Waals surface area contributed by atoms with Crippen molar-refractivity contribution in [3.63, 3.8) is 0 Å². The molecule has 1 heterocycles. The van der Waals surface area contributed by atoms with Gasteiger partial charge in [0.25, 0.3) is 0 Å². The lowest BCUT2D eigenvalue weighted by molar-refractivity contribution is 0.288. The first-order valence-electron chi connectivity index (χ1n) is 6.67. The van der Waals surface area contributed by atoms with Crippen LogP contribution in [0.5, 0.6) is 5.75 Å². The molecule has 0 spiro atoms. The van der Waals surface area contributed by atoms with Gasteiger partial charge in [0.05, 0.1) is 0 Å². The third-order valence-electron chi connectivity index (χ3n) is 3.04. The highest BCUT2D eigenvalue weighted by Crippen LogP contribution is 2.27. The third kappa shape index (κ3) is 3.74. The van der Waals surface area contributed by atoms with E-state index in [1.807, 2.05) is 36.0 Å². The first-order valence-corrected chi connectivity index (χ1v) is 7.05. The van der Waals surface area contributed by atoms with Crippen LogP contribution >= 0.6 is 11.6 Å². The Hall–Kier alpha value is -1.52. The van der Waals surface area contributed by atoms with Gasteiger partial charge in [0, 0.05) is 42.6 Å². The molecule has 0 aliphatic carbocycles. The van der Waals surface area contributed by atoms with Gasteiger partial charge in [-0.1, -0.05) is 31.5 Å². The second-order valence-corrected chi connectivity index (χ2v) is 5.40. The van der Waals surface area contributed by atoms with E-state index in [2.05, 4.69) is 24.1 Å². The molecule has 0 aliphatic heterocycles. The topological polar surface area (TPSA) is 39.1 Å². The number of benzene rings is 1. The van der Waals surface area contributed by atoms with Crippen LogP contribution in [0.3, 0.4) is 0 Å². The number of nitrogens with one attached hydrogen (secondary N) is 1. The van der Waals surface area contributed by atoms with E-state index in [-0.39, 0.29) is 0 Å². The fraction of sp³-hybridized carbons (Fsp3) is 0.400. The maximum Gasteiger partial charge on any atom is 0.146 e. The molecule has 0 fully saturated rings. The second-order valence-electron chi connectivity index (χ2n) is 5.00. The quantitative estimate of drug-likeness (QED) is 0.889. The number of aromatic nitrogens is 2. The van der Waals surface area contributed by atoms with Crippen LogP contribution in [0, 0.1) is 0 Å². The minimum Gasteiger partial charge on any atom is -0.485 e. The fourth-order valence-electron chi connectivity index (χ4n) is 1.83.